The standard InChI is InChI=1S/C29H30O5/c1-23(30)34-29(22-31-19-24-11-5-2-6-12-24)18-17-27(32-20-25-13-7-3-8-14-25)28(29)33-21-26-15-9-4-10-16-26/h2-18,27-28H,19-22H2,1H3/t27-,28+,29+/m1/s1. The normalized spacial score (nSPS) is 21.4. The van der Waals surface area contributed by atoms with Crippen LogP contribution >= 0.6 is 0 Å². The van der Waals surface area contributed by atoms with Gasteiger partial charge < -0.3 is 18.9 Å². The van der Waals surface area contributed by atoms with Gasteiger partial charge in [-0.3, -0.25) is 4.79 Å². The van der Waals surface area contributed by atoms with E-state index in [0.29, 0.717) is 19.8 Å². The lowest BCUT2D eigenvalue weighted by atomic mass is 9.99. The van der Waals surface area contributed by atoms with Crippen LogP contribution in [-0.2, 0) is 43.6 Å². The van der Waals surface area contributed by atoms with Crippen LogP contribution in [-0.4, -0.2) is 30.4 Å². The summed E-state index contributed by atoms with van der Waals surface area (Å²) in [5.41, 5.74) is 2.04. The molecule has 3 aromatic carbocycles. The molecule has 3 aromatic rings. The van der Waals surface area contributed by atoms with E-state index in [4.69, 9.17) is 18.9 Å². The van der Waals surface area contributed by atoms with Crippen molar-refractivity contribution in [3.05, 3.63) is 120 Å². The Morgan fingerprint density at radius 2 is 1.24 bits per heavy atom. The number of ether oxygens (including phenoxy) is 4. The molecular weight excluding hydrogens is 428 g/mol. The summed E-state index contributed by atoms with van der Waals surface area (Å²) in [5.74, 6) is -0.398. The molecule has 0 saturated heterocycles. The fraction of sp³-hybridized carbons (Fsp3) is 0.276. The van der Waals surface area contributed by atoms with Gasteiger partial charge in [-0.2, -0.15) is 0 Å². The number of esters is 1. The van der Waals surface area contributed by atoms with E-state index in [9.17, 15) is 4.79 Å². The van der Waals surface area contributed by atoms with Crippen LogP contribution in [0, 0.1) is 0 Å². The highest BCUT2D eigenvalue weighted by Gasteiger charge is 2.50. The number of benzene rings is 3. The quantitative estimate of drug-likeness (QED) is 0.290. The molecule has 0 N–H and O–H groups in total. The molecule has 34 heavy (non-hydrogen) atoms. The van der Waals surface area contributed by atoms with Crippen molar-refractivity contribution in [2.45, 2.75) is 44.6 Å². The second-order valence-electron chi connectivity index (χ2n) is 8.36. The first-order valence-corrected chi connectivity index (χ1v) is 11.5. The van der Waals surface area contributed by atoms with Gasteiger partial charge in [0.1, 0.15) is 12.2 Å². The highest BCUT2D eigenvalue weighted by molar-refractivity contribution is 5.67. The first-order chi connectivity index (χ1) is 16.6. The molecule has 5 nitrogen and oxygen atoms in total. The van der Waals surface area contributed by atoms with Gasteiger partial charge in [-0.25, -0.2) is 0 Å². The molecule has 0 bridgehead atoms. The molecule has 0 radical (unpaired) electrons. The Balaban J connectivity index is 1.51. The van der Waals surface area contributed by atoms with Gasteiger partial charge in [0, 0.05) is 6.92 Å². The molecule has 1 aliphatic carbocycles. The number of hydrogen-bond acceptors (Lipinski definition) is 5. The molecule has 176 valence electrons. The Morgan fingerprint density at radius 1 is 0.735 bits per heavy atom. The third-order valence-electron chi connectivity index (χ3n) is 5.68. The highest BCUT2D eigenvalue weighted by atomic mass is 16.6. The smallest absolute Gasteiger partial charge is 0.303 e. The summed E-state index contributed by atoms with van der Waals surface area (Å²) in [4.78, 5) is 12.1. The lowest BCUT2D eigenvalue weighted by molar-refractivity contribution is -0.190. The number of carbonyl (C=O) groups excluding carboxylic acids is 1. The Morgan fingerprint density at radius 3 is 1.76 bits per heavy atom. The molecule has 0 amide bonds. The molecule has 0 spiro atoms. The van der Waals surface area contributed by atoms with Crippen molar-refractivity contribution in [2.24, 2.45) is 0 Å². The van der Waals surface area contributed by atoms with E-state index in [1.807, 2.05) is 103 Å². The Hall–Kier alpha value is -3.25. The van der Waals surface area contributed by atoms with E-state index in [1.165, 1.54) is 6.92 Å². The van der Waals surface area contributed by atoms with Crippen LogP contribution in [0.1, 0.15) is 23.6 Å². The summed E-state index contributed by atoms with van der Waals surface area (Å²) in [6.07, 6.45) is 2.80. The van der Waals surface area contributed by atoms with Crippen LogP contribution in [0.3, 0.4) is 0 Å². The Kier molecular flexibility index (Phi) is 8.26. The second kappa shape index (κ2) is 11.7. The van der Waals surface area contributed by atoms with Crippen molar-refractivity contribution in [3.8, 4) is 0 Å². The number of hydrogen-bond donors (Lipinski definition) is 0. The van der Waals surface area contributed by atoms with Gasteiger partial charge in [0.15, 0.2) is 5.60 Å². The maximum atomic E-state index is 12.1. The lowest BCUT2D eigenvalue weighted by Gasteiger charge is -2.36. The molecular formula is C29H30O5. The first-order valence-electron chi connectivity index (χ1n) is 11.5. The van der Waals surface area contributed by atoms with Crippen molar-refractivity contribution >= 4 is 5.97 Å². The van der Waals surface area contributed by atoms with E-state index in [1.54, 1.807) is 0 Å². The molecule has 0 unspecified atom stereocenters. The Labute approximate surface area is 200 Å². The molecule has 4 rings (SSSR count). The average Bonchev–Trinajstić information content (AvgIpc) is 3.19. The van der Waals surface area contributed by atoms with E-state index in [0.717, 1.165) is 16.7 Å². The monoisotopic (exact) mass is 458 g/mol. The van der Waals surface area contributed by atoms with Crippen molar-refractivity contribution in [1.29, 1.82) is 0 Å². The van der Waals surface area contributed by atoms with Crippen molar-refractivity contribution in [1.82, 2.24) is 0 Å². The van der Waals surface area contributed by atoms with Crippen LogP contribution in [0.5, 0.6) is 0 Å². The van der Waals surface area contributed by atoms with Crippen LogP contribution in [0.25, 0.3) is 0 Å². The van der Waals surface area contributed by atoms with Gasteiger partial charge in [0.2, 0.25) is 0 Å². The summed E-state index contributed by atoms with van der Waals surface area (Å²) in [7, 11) is 0. The second-order valence-corrected chi connectivity index (χ2v) is 8.36. The molecule has 1 aliphatic rings. The van der Waals surface area contributed by atoms with Crippen molar-refractivity contribution in [2.75, 3.05) is 6.61 Å². The largest absolute Gasteiger partial charge is 0.450 e. The van der Waals surface area contributed by atoms with Gasteiger partial charge in [-0.1, -0.05) is 97.1 Å². The molecule has 5 heteroatoms. The van der Waals surface area contributed by atoms with Gasteiger partial charge in [-0.05, 0) is 22.8 Å². The third-order valence-corrected chi connectivity index (χ3v) is 5.68. The molecule has 0 fully saturated rings. The van der Waals surface area contributed by atoms with Crippen LogP contribution in [0.15, 0.2) is 103 Å². The lowest BCUT2D eigenvalue weighted by Crippen LogP contribution is -2.51. The molecule has 0 heterocycles. The zero-order valence-electron chi connectivity index (χ0n) is 19.3. The first kappa shape index (κ1) is 23.9. The van der Waals surface area contributed by atoms with Gasteiger partial charge >= 0.3 is 5.97 Å². The van der Waals surface area contributed by atoms with Gasteiger partial charge in [0.05, 0.1) is 26.4 Å². The van der Waals surface area contributed by atoms with Gasteiger partial charge in [0.25, 0.3) is 0 Å². The summed E-state index contributed by atoms with van der Waals surface area (Å²) < 4.78 is 24.5. The summed E-state index contributed by atoms with van der Waals surface area (Å²) in [5, 5.41) is 0. The van der Waals surface area contributed by atoms with Crippen molar-refractivity contribution < 1.29 is 23.7 Å². The SMILES string of the molecule is CC(=O)O[C@]1(COCc2ccccc2)C=C[C@@H](OCc2ccccc2)[C@@H]1OCc1ccccc1. The zero-order chi connectivity index (χ0) is 23.6. The summed E-state index contributed by atoms with van der Waals surface area (Å²) in [6.45, 7) is 2.74. The minimum absolute atomic E-state index is 0.155. The summed E-state index contributed by atoms with van der Waals surface area (Å²) >= 11 is 0. The third kappa shape index (κ3) is 6.41. The van der Waals surface area contributed by atoms with Gasteiger partial charge in [-0.15, -0.1) is 0 Å². The Bertz CT molecular complexity index is 1050. The van der Waals surface area contributed by atoms with Crippen LogP contribution in [0.2, 0.25) is 0 Å². The van der Waals surface area contributed by atoms with E-state index in [2.05, 4.69) is 0 Å². The fourth-order valence-corrected chi connectivity index (χ4v) is 4.06. The maximum absolute atomic E-state index is 12.1. The summed E-state index contributed by atoms with van der Waals surface area (Å²) in [6, 6.07) is 29.8. The molecule has 0 aromatic heterocycles. The van der Waals surface area contributed by atoms with E-state index >= 15 is 0 Å². The minimum atomic E-state index is -1.09. The number of carbonyl (C=O) groups is 1. The van der Waals surface area contributed by atoms with E-state index in [-0.39, 0.29) is 6.61 Å². The fourth-order valence-electron chi connectivity index (χ4n) is 4.06. The predicted octanol–water partition coefficient (Wildman–Crippen LogP) is 5.25. The molecule has 0 saturated carbocycles. The van der Waals surface area contributed by atoms with Crippen LogP contribution in [0.4, 0.5) is 0 Å². The van der Waals surface area contributed by atoms with Crippen LogP contribution < -0.4 is 0 Å². The average molecular weight is 459 g/mol. The maximum Gasteiger partial charge on any atom is 0.303 e. The minimum Gasteiger partial charge on any atom is -0.450 e. The predicted molar refractivity (Wildman–Crippen MR) is 130 cm³/mol. The zero-order valence-corrected chi connectivity index (χ0v) is 19.3. The molecule has 3 atom stereocenters. The highest BCUT2D eigenvalue weighted by Crippen LogP contribution is 2.34. The van der Waals surface area contributed by atoms with E-state index < -0.39 is 23.8 Å². The molecule has 0 aliphatic heterocycles. The number of rotatable bonds is 11. The topological polar surface area (TPSA) is 54.0 Å². The van der Waals surface area contributed by atoms with Crippen molar-refractivity contribution in [3.63, 3.8) is 0 Å².